The van der Waals surface area contributed by atoms with Crippen LogP contribution in [0.5, 0.6) is 0 Å². The summed E-state index contributed by atoms with van der Waals surface area (Å²) in [6.45, 7) is 12.3. The third kappa shape index (κ3) is 17.1. The molecule has 63 heavy (non-hydrogen) atoms. The van der Waals surface area contributed by atoms with E-state index in [-0.39, 0.29) is 49.9 Å². The molecule has 6 amide bonds. The second kappa shape index (κ2) is 25.2. The number of hydrogen-bond donors (Lipinski definition) is 3. The number of likely N-dealkylation sites (N-methyl/N-ethyl adjacent to an activating group) is 3. The van der Waals surface area contributed by atoms with Crippen LogP contribution in [-0.2, 0) is 44.7 Å². The van der Waals surface area contributed by atoms with E-state index in [1.807, 2.05) is 27.7 Å². The number of nitrogens with zero attached hydrogens (tertiary/aromatic N) is 4. The van der Waals surface area contributed by atoms with Gasteiger partial charge >= 0.3 is 12.1 Å². The number of unbranched alkanes of at least 4 members (excludes halogenated alkanes) is 1. The van der Waals surface area contributed by atoms with Gasteiger partial charge in [-0.1, -0.05) is 91.1 Å². The molecule has 352 valence electrons. The van der Waals surface area contributed by atoms with Gasteiger partial charge in [0.2, 0.25) is 29.5 Å². The molecular weight excluding hydrogens is 824 g/mol. The number of carbonyl (C=O) groups excluding carboxylic acids is 7. The fraction of sp³-hybridized carbons (Fsp3) is 0.689. The molecule has 1 fully saturated rings. The largest absolute Gasteiger partial charge is 0.451 e. The summed E-state index contributed by atoms with van der Waals surface area (Å²) in [6.07, 6.45) is -6.98. The molecule has 0 aromatic heterocycles. The maximum atomic E-state index is 14.6. The molecule has 1 aliphatic rings. The molecule has 0 bridgehead atoms. The van der Waals surface area contributed by atoms with Gasteiger partial charge in [-0.25, -0.2) is 4.79 Å². The molecule has 1 heterocycles. The first-order valence-electron chi connectivity index (χ1n) is 21.8. The number of alkyl halides is 3. The number of esters is 1. The lowest BCUT2D eigenvalue weighted by molar-refractivity contribution is -0.166. The monoisotopic (exact) mass is 892 g/mol. The number of ether oxygens (including phenoxy) is 1. The standard InChI is InChI=1S/C45H68F3N7O8/c1-11-12-17-29(6)24-33-41(59)53(8)30(7)44(62)63-37(20-16-21-49)40(58)52-34(26-45(46,47)48)43(61)54(9)35(23-28(4)5)38(56)50-32(22-27(2)3)42(60)55(10)36(39(57)51-33)25-31-18-14-13-15-19-31/h13-15,18-19,27-30,32-37H,11-12,16-17,20,22-26H2,1-10H3,(H,50,56)(H,51,57)(H,52,58)/t29-,30+,32+,33+,34-,35+,36+,37-/m1/s1. The van der Waals surface area contributed by atoms with Gasteiger partial charge in [0.15, 0.2) is 6.10 Å². The molecule has 1 aromatic rings. The highest BCUT2D eigenvalue weighted by Gasteiger charge is 2.43. The van der Waals surface area contributed by atoms with Crippen LogP contribution in [-0.4, -0.2) is 126 Å². The summed E-state index contributed by atoms with van der Waals surface area (Å²) in [5.74, 6) is -7.25. The number of nitrogens with one attached hydrogen (secondary N) is 3. The van der Waals surface area contributed by atoms with Gasteiger partial charge in [-0.3, -0.25) is 28.8 Å². The Labute approximate surface area is 370 Å². The van der Waals surface area contributed by atoms with E-state index in [0.717, 1.165) is 29.7 Å². The average molecular weight is 892 g/mol. The van der Waals surface area contributed by atoms with E-state index < -0.39 is 103 Å². The highest BCUT2D eigenvalue weighted by atomic mass is 19.4. The third-order valence-electron chi connectivity index (χ3n) is 11.2. The van der Waals surface area contributed by atoms with Crippen LogP contribution in [0.3, 0.4) is 0 Å². The minimum atomic E-state index is -5.00. The van der Waals surface area contributed by atoms with Crippen molar-refractivity contribution in [2.24, 2.45) is 17.8 Å². The smallest absolute Gasteiger partial charge is 0.391 e. The quantitative estimate of drug-likeness (QED) is 0.222. The predicted octanol–water partition coefficient (Wildman–Crippen LogP) is 4.67. The van der Waals surface area contributed by atoms with Crippen molar-refractivity contribution in [3.63, 3.8) is 0 Å². The SMILES string of the molecule is CCCC[C@@H](C)C[C@@H]1NC(=O)[C@H](Cc2ccccc2)N(C)C(=O)[C@H](CC(C)C)NC(=O)[C@H](CC(C)C)N(C)C(=O)[C@@H](CC(F)(F)F)NC(=O)[C@@H](CCC#N)OC(=O)[C@H](C)N(C)C1=O. The van der Waals surface area contributed by atoms with E-state index in [2.05, 4.69) is 16.0 Å². The number of cyclic esters (lactones) is 1. The maximum Gasteiger partial charge on any atom is 0.391 e. The van der Waals surface area contributed by atoms with Crippen LogP contribution in [0.1, 0.15) is 112 Å². The summed E-state index contributed by atoms with van der Waals surface area (Å²) in [4.78, 5) is 102. The molecule has 3 N–H and O–H groups in total. The normalized spacial score (nSPS) is 25.0. The lowest BCUT2D eigenvalue weighted by Gasteiger charge is -2.35. The number of amides is 6. The van der Waals surface area contributed by atoms with E-state index in [1.54, 1.807) is 50.2 Å². The van der Waals surface area contributed by atoms with Crippen molar-refractivity contribution < 1.29 is 51.5 Å². The molecule has 15 nitrogen and oxygen atoms in total. The van der Waals surface area contributed by atoms with Crippen molar-refractivity contribution in [3.05, 3.63) is 35.9 Å². The highest BCUT2D eigenvalue weighted by Crippen LogP contribution is 2.25. The molecule has 0 spiro atoms. The van der Waals surface area contributed by atoms with Crippen LogP contribution in [0.4, 0.5) is 13.2 Å². The highest BCUT2D eigenvalue weighted by molar-refractivity contribution is 5.97. The molecular formula is C45H68F3N7O8. The second-order valence-corrected chi connectivity index (χ2v) is 17.6. The van der Waals surface area contributed by atoms with Gasteiger partial charge in [0.05, 0.1) is 12.5 Å². The fourth-order valence-electron chi connectivity index (χ4n) is 7.42. The summed E-state index contributed by atoms with van der Waals surface area (Å²) >= 11 is 0. The van der Waals surface area contributed by atoms with Gasteiger partial charge in [-0.15, -0.1) is 0 Å². The van der Waals surface area contributed by atoms with Crippen molar-refractivity contribution in [3.8, 4) is 6.07 Å². The van der Waals surface area contributed by atoms with E-state index >= 15 is 0 Å². The van der Waals surface area contributed by atoms with Crippen molar-refractivity contribution in [1.29, 1.82) is 5.26 Å². The predicted molar refractivity (Wildman–Crippen MR) is 229 cm³/mol. The Balaban J connectivity index is 2.90. The summed E-state index contributed by atoms with van der Waals surface area (Å²) in [5.41, 5.74) is 0.680. The van der Waals surface area contributed by atoms with Crippen LogP contribution in [0.15, 0.2) is 30.3 Å². The minimum Gasteiger partial charge on any atom is -0.451 e. The zero-order valence-electron chi connectivity index (χ0n) is 38.4. The first-order valence-corrected chi connectivity index (χ1v) is 21.8. The zero-order valence-corrected chi connectivity index (χ0v) is 38.4. The second-order valence-electron chi connectivity index (χ2n) is 17.6. The van der Waals surface area contributed by atoms with Crippen LogP contribution < -0.4 is 16.0 Å². The van der Waals surface area contributed by atoms with Crippen molar-refractivity contribution >= 4 is 41.4 Å². The molecule has 1 saturated heterocycles. The summed E-state index contributed by atoms with van der Waals surface area (Å²) in [6, 6.07) is 1.81. The number of nitriles is 1. The molecule has 0 radical (unpaired) electrons. The molecule has 0 saturated carbocycles. The van der Waals surface area contributed by atoms with Crippen molar-refractivity contribution in [2.75, 3.05) is 21.1 Å². The molecule has 1 aromatic carbocycles. The van der Waals surface area contributed by atoms with E-state index in [4.69, 9.17) is 4.74 Å². The fourth-order valence-corrected chi connectivity index (χ4v) is 7.42. The summed E-state index contributed by atoms with van der Waals surface area (Å²) in [5, 5.41) is 17.0. The van der Waals surface area contributed by atoms with Crippen LogP contribution in [0.2, 0.25) is 0 Å². The van der Waals surface area contributed by atoms with Gasteiger partial charge in [0.1, 0.15) is 36.3 Å². The lowest BCUT2D eigenvalue weighted by atomic mass is 9.94. The molecule has 0 unspecified atom stereocenters. The van der Waals surface area contributed by atoms with Gasteiger partial charge in [-0.2, -0.15) is 18.4 Å². The van der Waals surface area contributed by atoms with Crippen LogP contribution in [0.25, 0.3) is 0 Å². The van der Waals surface area contributed by atoms with Gasteiger partial charge < -0.3 is 35.4 Å². The van der Waals surface area contributed by atoms with Crippen LogP contribution in [0, 0.1) is 29.1 Å². The molecule has 2 rings (SSSR count). The summed E-state index contributed by atoms with van der Waals surface area (Å²) < 4.78 is 47.8. The number of benzene rings is 1. The lowest BCUT2D eigenvalue weighted by Crippen LogP contribution is -2.60. The number of carbonyl (C=O) groups is 7. The minimum absolute atomic E-state index is 0.00104. The number of halogens is 3. The van der Waals surface area contributed by atoms with E-state index in [9.17, 15) is 52.0 Å². The van der Waals surface area contributed by atoms with Crippen LogP contribution >= 0.6 is 0 Å². The Kier molecular flexibility index (Phi) is 21.6. The molecule has 8 atom stereocenters. The first-order chi connectivity index (χ1) is 29.4. The topological polar surface area (TPSA) is 198 Å². The average Bonchev–Trinajstić information content (AvgIpc) is 3.21. The van der Waals surface area contributed by atoms with Gasteiger partial charge in [0.25, 0.3) is 5.91 Å². The Bertz CT molecular complexity index is 1760. The Morgan fingerprint density at radius 3 is 1.78 bits per heavy atom. The molecule has 18 heteroatoms. The molecule has 1 aliphatic heterocycles. The zero-order chi connectivity index (χ0) is 47.8. The number of hydrogen-bond acceptors (Lipinski definition) is 9. The Hall–Kier alpha value is -5.21. The van der Waals surface area contributed by atoms with Gasteiger partial charge in [0, 0.05) is 40.4 Å². The summed E-state index contributed by atoms with van der Waals surface area (Å²) in [7, 11) is 3.82. The first kappa shape index (κ1) is 53.9. The van der Waals surface area contributed by atoms with Crippen molar-refractivity contribution in [2.45, 2.75) is 161 Å². The van der Waals surface area contributed by atoms with Crippen molar-refractivity contribution in [1.82, 2.24) is 30.7 Å². The number of rotatable bonds is 14. The molecule has 0 aliphatic carbocycles. The van der Waals surface area contributed by atoms with E-state index in [0.29, 0.717) is 12.0 Å². The maximum absolute atomic E-state index is 14.6. The van der Waals surface area contributed by atoms with Gasteiger partial charge in [-0.05, 0) is 49.5 Å². The Morgan fingerprint density at radius 1 is 0.730 bits per heavy atom. The Morgan fingerprint density at radius 2 is 1.24 bits per heavy atom. The van der Waals surface area contributed by atoms with E-state index in [1.165, 1.54) is 25.9 Å². The third-order valence-corrected chi connectivity index (χ3v) is 11.2.